The first-order valence-corrected chi connectivity index (χ1v) is 6.66. The standard InChI is InChI=1S/C11H15N5S/c1-12-10-4-9(8-5-13-16(2)6-8)14-11(15-10)7-17-3/h4-6H,7H2,1-3H3,(H,12,14,15). The second-order valence-corrected chi connectivity index (χ2v) is 4.51. The van der Waals surface area contributed by atoms with Gasteiger partial charge in [0, 0.05) is 31.9 Å². The Balaban J connectivity index is 2.42. The van der Waals surface area contributed by atoms with Gasteiger partial charge in [0.2, 0.25) is 0 Å². The van der Waals surface area contributed by atoms with Crippen LogP contribution in [0.5, 0.6) is 0 Å². The molecule has 2 heterocycles. The molecule has 6 heteroatoms. The molecule has 0 spiro atoms. The van der Waals surface area contributed by atoms with Crippen LogP contribution in [-0.4, -0.2) is 33.1 Å². The summed E-state index contributed by atoms with van der Waals surface area (Å²) in [6.45, 7) is 0. The Kier molecular flexibility index (Phi) is 3.63. The molecule has 0 saturated heterocycles. The second-order valence-electron chi connectivity index (χ2n) is 3.64. The van der Waals surface area contributed by atoms with Crippen molar-refractivity contribution in [2.75, 3.05) is 18.6 Å². The third kappa shape index (κ3) is 2.76. The fraction of sp³-hybridized carbons (Fsp3) is 0.364. The monoisotopic (exact) mass is 249 g/mol. The van der Waals surface area contributed by atoms with Crippen molar-refractivity contribution in [2.45, 2.75) is 5.75 Å². The molecule has 2 aromatic rings. The van der Waals surface area contributed by atoms with Crippen molar-refractivity contribution < 1.29 is 0 Å². The Labute approximate surface area is 105 Å². The summed E-state index contributed by atoms with van der Waals surface area (Å²) in [4.78, 5) is 8.93. The zero-order chi connectivity index (χ0) is 12.3. The van der Waals surface area contributed by atoms with Crippen LogP contribution in [0.4, 0.5) is 5.82 Å². The summed E-state index contributed by atoms with van der Waals surface area (Å²) in [6.07, 6.45) is 5.80. The lowest BCUT2D eigenvalue weighted by atomic mass is 10.2. The van der Waals surface area contributed by atoms with E-state index in [0.717, 1.165) is 28.7 Å². The first-order chi connectivity index (χ1) is 8.22. The molecule has 0 saturated carbocycles. The highest BCUT2D eigenvalue weighted by Gasteiger charge is 2.07. The molecular weight excluding hydrogens is 234 g/mol. The van der Waals surface area contributed by atoms with Gasteiger partial charge in [0.1, 0.15) is 11.6 Å². The zero-order valence-electron chi connectivity index (χ0n) is 10.1. The van der Waals surface area contributed by atoms with Crippen molar-refractivity contribution in [1.82, 2.24) is 19.7 Å². The molecule has 0 aromatic carbocycles. The summed E-state index contributed by atoms with van der Waals surface area (Å²) in [5, 5.41) is 7.21. The van der Waals surface area contributed by atoms with Gasteiger partial charge >= 0.3 is 0 Å². The van der Waals surface area contributed by atoms with Crippen LogP contribution in [0, 0.1) is 0 Å². The Morgan fingerprint density at radius 1 is 1.41 bits per heavy atom. The second kappa shape index (κ2) is 5.18. The average molecular weight is 249 g/mol. The van der Waals surface area contributed by atoms with Crippen LogP contribution in [0.15, 0.2) is 18.5 Å². The molecule has 0 aliphatic rings. The van der Waals surface area contributed by atoms with E-state index in [1.54, 1.807) is 16.4 Å². The summed E-state index contributed by atoms with van der Waals surface area (Å²) < 4.78 is 1.77. The van der Waals surface area contributed by atoms with E-state index < -0.39 is 0 Å². The van der Waals surface area contributed by atoms with Gasteiger partial charge in [0.05, 0.1) is 17.6 Å². The van der Waals surface area contributed by atoms with Crippen LogP contribution in [-0.2, 0) is 12.8 Å². The van der Waals surface area contributed by atoms with Crippen LogP contribution in [0.3, 0.4) is 0 Å². The Hall–Kier alpha value is -1.56. The van der Waals surface area contributed by atoms with Gasteiger partial charge < -0.3 is 5.32 Å². The predicted molar refractivity (Wildman–Crippen MR) is 71.0 cm³/mol. The van der Waals surface area contributed by atoms with E-state index >= 15 is 0 Å². The predicted octanol–water partition coefficient (Wildman–Crippen LogP) is 1.78. The minimum absolute atomic E-state index is 0.808. The molecule has 0 fully saturated rings. The molecule has 0 atom stereocenters. The highest BCUT2D eigenvalue weighted by atomic mass is 32.2. The van der Waals surface area contributed by atoms with E-state index in [1.807, 2.05) is 38.8 Å². The van der Waals surface area contributed by atoms with Crippen molar-refractivity contribution in [3.05, 3.63) is 24.3 Å². The molecule has 0 radical (unpaired) electrons. The van der Waals surface area contributed by atoms with E-state index in [4.69, 9.17) is 0 Å². The number of rotatable bonds is 4. The van der Waals surface area contributed by atoms with E-state index in [0.29, 0.717) is 0 Å². The summed E-state index contributed by atoms with van der Waals surface area (Å²) in [5.74, 6) is 2.48. The van der Waals surface area contributed by atoms with Gasteiger partial charge in [-0.3, -0.25) is 4.68 Å². The molecule has 0 aliphatic heterocycles. The van der Waals surface area contributed by atoms with Crippen molar-refractivity contribution >= 4 is 17.6 Å². The first-order valence-electron chi connectivity index (χ1n) is 5.26. The number of nitrogens with zero attached hydrogens (tertiary/aromatic N) is 4. The number of hydrogen-bond acceptors (Lipinski definition) is 5. The van der Waals surface area contributed by atoms with Crippen LogP contribution in [0.1, 0.15) is 5.82 Å². The smallest absolute Gasteiger partial charge is 0.141 e. The Morgan fingerprint density at radius 2 is 2.24 bits per heavy atom. The van der Waals surface area contributed by atoms with Gasteiger partial charge in [-0.1, -0.05) is 0 Å². The molecule has 2 rings (SSSR count). The average Bonchev–Trinajstić information content (AvgIpc) is 2.76. The summed E-state index contributed by atoms with van der Waals surface area (Å²) in [5.41, 5.74) is 1.91. The molecule has 0 unspecified atom stereocenters. The Morgan fingerprint density at radius 3 is 2.82 bits per heavy atom. The van der Waals surface area contributed by atoms with Gasteiger partial charge in [-0.05, 0) is 6.26 Å². The minimum atomic E-state index is 0.808. The van der Waals surface area contributed by atoms with E-state index in [1.165, 1.54) is 0 Å². The molecule has 0 amide bonds. The molecule has 2 aromatic heterocycles. The van der Waals surface area contributed by atoms with Crippen molar-refractivity contribution in [1.29, 1.82) is 0 Å². The SMILES string of the molecule is CNc1cc(-c2cnn(C)c2)nc(CSC)n1. The highest BCUT2D eigenvalue weighted by Crippen LogP contribution is 2.20. The van der Waals surface area contributed by atoms with Crippen molar-refractivity contribution in [3.63, 3.8) is 0 Å². The lowest BCUT2D eigenvalue weighted by Gasteiger charge is -2.05. The maximum atomic E-state index is 4.53. The first kappa shape index (κ1) is 11.9. The topological polar surface area (TPSA) is 55.6 Å². The Bertz CT molecular complexity index is 508. The molecule has 5 nitrogen and oxygen atoms in total. The summed E-state index contributed by atoms with van der Waals surface area (Å²) in [6, 6.07) is 1.93. The molecule has 0 bridgehead atoms. The largest absolute Gasteiger partial charge is 0.373 e. The van der Waals surface area contributed by atoms with E-state index in [9.17, 15) is 0 Å². The van der Waals surface area contributed by atoms with E-state index in [-0.39, 0.29) is 0 Å². The van der Waals surface area contributed by atoms with Gasteiger partial charge in [-0.25, -0.2) is 9.97 Å². The molecule has 90 valence electrons. The van der Waals surface area contributed by atoms with Crippen molar-refractivity contribution in [3.8, 4) is 11.3 Å². The van der Waals surface area contributed by atoms with Crippen molar-refractivity contribution in [2.24, 2.45) is 7.05 Å². The fourth-order valence-electron chi connectivity index (χ4n) is 1.52. The third-order valence-corrected chi connectivity index (χ3v) is 2.85. The molecule has 0 aliphatic carbocycles. The fourth-order valence-corrected chi connectivity index (χ4v) is 1.91. The molecule has 17 heavy (non-hydrogen) atoms. The summed E-state index contributed by atoms with van der Waals surface area (Å²) in [7, 11) is 3.75. The van der Waals surface area contributed by atoms with Gasteiger partial charge in [0.25, 0.3) is 0 Å². The summed E-state index contributed by atoms with van der Waals surface area (Å²) >= 11 is 1.71. The van der Waals surface area contributed by atoms with Gasteiger partial charge in [-0.15, -0.1) is 0 Å². The quantitative estimate of drug-likeness (QED) is 0.895. The normalized spacial score (nSPS) is 10.5. The third-order valence-electron chi connectivity index (χ3n) is 2.30. The highest BCUT2D eigenvalue weighted by molar-refractivity contribution is 7.97. The maximum absolute atomic E-state index is 4.53. The number of aromatic nitrogens is 4. The molecule has 1 N–H and O–H groups in total. The van der Waals surface area contributed by atoms with Crippen LogP contribution in [0.2, 0.25) is 0 Å². The zero-order valence-corrected chi connectivity index (χ0v) is 11.0. The lowest BCUT2D eigenvalue weighted by Crippen LogP contribution is -2.00. The lowest BCUT2D eigenvalue weighted by molar-refractivity contribution is 0.768. The number of hydrogen-bond donors (Lipinski definition) is 1. The number of aryl methyl sites for hydroxylation is 1. The minimum Gasteiger partial charge on any atom is -0.373 e. The van der Waals surface area contributed by atoms with Gasteiger partial charge in [0.15, 0.2) is 0 Å². The van der Waals surface area contributed by atoms with Crippen LogP contribution < -0.4 is 5.32 Å². The number of nitrogens with one attached hydrogen (secondary N) is 1. The maximum Gasteiger partial charge on any atom is 0.141 e. The van der Waals surface area contributed by atoms with Crippen LogP contribution in [0.25, 0.3) is 11.3 Å². The number of thioether (sulfide) groups is 1. The van der Waals surface area contributed by atoms with Crippen LogP contribution >= 0.6 is 11.8 Å². The van der Waals surface area contributed by atoms with E-state index in [2.05, 4.69) is 20.4 Å². The number of anilines is 1. The molecular formula is C11H15N5S. The van der Waals surface area contributed by atoms with Gasteiger partial charge in [-0.2, -0.15) is 16.9 Å².